The minimum atomic E-state index is -3.67. The van der Waals surface area contributed by atoms with Gasteiger partial charge in [0.2, 0.25) is 11.7 Å². The number of benzene rings is 1. The van der Waals surface area contributed by atoms with E-state index in [1.54, 1.807) is 24.1 Å². The van der Waals surface area contributed by atoms with E-state index in [-0.39, 0.29) is 46.3 Å². The number of carbonyl (C=O) groups excluding carboxylic acids is 1. The SMILES string of the molecule is C=CS(=O)(=O)c1ccc(Oc2ccc([N+](=O)[O-])c(N3C=CC(C(=O)OCC)CC3)n2)c(N)c1. The summed E-state index contributed by atoms with van der Waals surface area (Å²) < 4.78 is 34.5. The second-order valence-corrected chi connectivity index (χ2v) is 8.84. The maximum absolute atomic E-state index is 11.9. The first-order valence-electron chi connectivity index (χ1n) is 9.88. The highest BCUT2D eigenvalue weighted by Crippen LogP contribution is 2.34. The quantitative estimate of drug-likeness (QED) is 0.261. The number of nitro groups is 1. The zero-order valence-corrected chi connectivity index (χ0v) is 18.5. The van der Waals surface area contributed by atoms with Crippen LogP contribution in [0.25, 0.3) is 0 Å². The van der Waals surface area contributed by atoms with Gasteiger partial charge in [-0.15, -0.1) is 0 Å². The van der Waals surface area contributed by atoms with Gasteiger partial charge in [-0.05, 0) is 31.5 Å². The molecule has 0 bridgehead atoms. The van der Waals surface area contributed by atoms with Crippen molar-refractivity contribution in [1.29, 1.82) is 0 Å². The lowest BCUT2D eigenvalue weighted by Crippen LogP contribution is -2.29. The van der Waals surface area contributed by atoms with Gasteiger partial charge in [-0.3, -0.25) is 14.9 Å². The van der Waals surface area contributed by atoms with Crippen LogP contribution in [0.2, 0.25) is 0 Å². The third-order valence-electron chi connectivity index (χ3n) is 4.81. The summed E-state index contributed by atoms with van der Waals surface area (Å²) in [5, 5.41) is 12.3. The summed E-state index contributed by atoms with van der Waals surface area (Å²) in [4.78, 5) is 28.6. The predicted octanol–water partition coefficient (Wildman–Crippen LogP) is 3.18. The maximum Gasteiger partial charge on any atom is 0.312 e. The largest absolute Gasteiger partial charge is 0.466 e. The van der Waals surface area contributed by atoms with Gasteiger partial charge in [0.15, 0.2) is 15.6 Å². The van der Waals surface area contributed by atoms with Crippen LogP contribution in [0.4, 0.5) is 17.2 Å². The second kappa shape index (κ2) is 9.69. The van der Waals surface area contributed by atoms with E-state index in [0.29, 0.717) is 13.0 Å². The number of hydrogen-bond acceptors (Lipinski definition) is 10. The molecule has 1 aliphatic heterocycles. The molecule has 2 heterocycles. The molecular formula is C21H22N4O7S. The van der Waals surface area contributed by atoms with E-state index in [4.69, 9.17) is 15.2 Å². The molecular weight excluding hydrogens is 452 g/mol. The smallest absolute Gasteiger partial charge is 0.312 e. The molecule has 3 rings (SSSR count). The average molecular weight is 474 g/mol. The van der Waals surface area contributed by atoms with Crippen LogP contribution in [0, 0.1) is 16.0 Å². The van der Waals surface area contributed by atoms with Crippen LogP contribution in [0.3, 0.4) is 0 Å². The Hall–Kier alpha value is -3.93. The molecule has 1 atom stereocenters. The highest BCUT2D eigenvalue weighted by atomic mass is 32.2. The molecule has 1 aliphatic rings. The van der Waals surface area contributed by atoms with E-state index in [0.717, 1.165) is 5.41 Å². The molecule has 0 radical (unpaired) electrons. The lowest BCUT2D eigenvalue weighted by Gasteiger charge is -2.26. The fourth-order valence-corrected chi connectivity index (χ4v) is 3.86. The number of sulfone groups is 1. The van der Waals surface area contributed by atoms with E-state index in [1.807, 2.05) is 0 Å². The monoisotopic (exact) mass is 474 g/mol. The first kappa shape index (κ1) is 23.7. The molecule has 0 fully saturated rings. The lowest BCUT2D eigenvalue weighted by molar-refractivity contribution is -0.384. The highest BCUT2D eigenvalue weighted by molar-refractivity contribution is 7.94. The number of anilines is 2. The highest BCUT2D eigenvalue weighted by Gasteiger charge is 2.27. The molecule has 0 amide bonds. The standard InChI is InChI=1S/C21H22N4O7S/c1-3-31-21(26)14-9-11-24(12-10-14)20-17(25(27)28)6-8-19(23-20)32-18-7-5-15(13-16(18)22)33(29,30)4-2/h4-9,11,13-14H,2-3,10,12,22H2,1H3. The van der Waals surface area contributed by atoms with E-state index < -0.39 is 20.7 Å². The Bertz CT molecular complexity index is 1230. The molecule has 1 aromatic carbocycles. The molecule has 33 heavy (non-hydrogen) atoms. The molecule has 11 nitrogen and oxygen atoms in total. The van der Waals surface area contributed by atoms with Crippen molar-refractivity contribution in [2.24, 2.45) is 5.92 Å². The van der Waals surface area contributed by atoms with Gasteiger partial charge in [0.05, 0.1) is 28.0 Å². The predicted molar refractivity (Wildman–Crippen MR) is 120 cm³/mol. The van der Waals surface area contributed by atoms with Crippen molar-refractivity contribution >= 4 is 33.0 Å². The number of ether oxygens (including phenoxy) is 2. The van der Waals surface area contributed by atoms with Crippen LogP contribution < -0.4 is 15.4 Å². The molecule has 1 aromatic heterocycles. The molecule has 1 unspecified atom stereocenters. The third kappa shape index (κ3) is 5.29. The zero-order valence-electron chi connectivity index (χ0n) is 17.7. The molecule has 12 heteroatoms. The first-order chi connectivity index (χ1) is 15.7. The van der Waals surface area contributed by atoms with Crippen LogP contribution in [-0.4, -0.2) is 37.4 Å². The summed E-state index contributed by atoms with van der Waals surface area (Å²) in [6, 6.07) is 6.44. The fourth-order valence-electron chi connectivity index (χ4n) is 3.12. The average Bonchev–Trinajstić information content (AvgIpc) is 2.80. The number of nitrogens with zero attached hydrogens (tertiary/aromatic N) is 3. The maximum atomic E-state index is 11.9. The molecule has 174 valence electrons. The van der Waals surface area contributed by atoms with Crippen molar-refractivity contribution in [3.05, 3.63) is 64.7 Å². The van der Waals surface area contributed by atoms with Gasteiger partial charge in [0.25, 0.3) is 0 Å². The minimum Gasteiger partial charge on any atom is -0.466 e. The summed E-state index contributed by atoms with van der Waals surface area (Å²) in [5.74, 6) is -0.625. The summed E-state index contributed by atoms with van der Waals surface area (Å²) in [6.07, 6.45) is 3.55. The summed E-state index contributed by atoms with van der Waals surface area (Å²) in [7, 11) is -3.67. The first-order valence-corrected chi connectivity index (χ1v) is 11.4. The lowest BCUT2D eigenvalue weighted by atomic mass is 10.0. The van der Waals surface area contributed by atoms with Gasteiger partial charge >= 0.3 is 11.7 Å². The van der Waals surface area contributed by atoms with Crippen LogP contribution in [0.15, 0.2) is 59.5 Å². The number of pyridine rings is 1. The van der Waals surface area contributed by atoms with E-state index in [2.05, 4.69) is 11.6 Å². The summed E-state index contributed by atoms with van der Waals surface area (Å²) >= 11 is 0. The molecule has 0 aliphatic carbocycles. The van der Waals surface area contributed by atoms with Crippen molar-refractivity contribution in [1.82, 2.24) is 4.98 Å². The Morgan fingerprint density at radius 3 is 2.73 bits per heavy atom. The normalized spacial score (nSPS) is 15.7. The molecule has 0 saturated carbocycles. The Labute approximate surface area is 190 Å². The zero-order chi connectivity index (χ0) is 24.2. The summed E-state index contributed by atoms with van der Waals surface area (Å²) in [6.45, 7) is 5.55. The number of rotatable bonds is 8. The summed E-state index contributed by atoms with van der Waals surface area (Å²) in [5.41, 5.74) is 5.71. The van der Waals surface area contributed by atoms with Crippen molar-refractivity contribution in [2.75, 3.05) is 23.8 Å². The minimum absolute atomic E-state index is 0.0162. The van der Waals surface area contributed by atoms with E-state index in [9.17, 15) is 23.3 Å². The number of nitrogens with two attached hydrogens (primary N) is 1. The van der Waals surface area contributed by atoms with Crippen LogP contribution >= 0.6 is 0 Å². The van der Waals surface area contributed by atoms with E-state index in [1.165, 1.54) is 30.3 Å². The molecule has 2 aromatic rings. The van der Waals surface area contributed by atoms with Gasteiger partial charge in [0, 0.05) is 30.3 Å². The van der Waals surface area contributed by atoms with Gasteiger partial charge in [-0.25, -0.2) is 8.42 Å². The number of nitrogen functional groups attached to an aromatic ring is 1. The number of esters is 1. The topological polar surface area (TPSA) is 155 Å². The Kier molecular flexibility index (Phi) is 6.97. The van der Waals surface area contributed by atoms with Gasteiger partial charge in [-0.2, -0.15) is 4.98 Å². The van der Waals surface area contributed by atoms with E-state index >= 15 is 0 Å². The second-order valence-electron chi connectivity index (χ2n) is 6.94. The Morgan fingerprint density at radius 2 is 2.15 bits per heavy atom. The van der Waals surface area contributed by atoms with Gasteiger partial charge in [-0.1, -0.05) is 12.7 Å². The van der Waals surface area contributed by atoms with Crippen molar-refractivity contribution < 1.29 is 27.6 Å². The molecule has 0 spiro atoms. The van der Waals surface area contributed by atoms with Crippen LogP contribution in [0.5, 0.6) is 11.6 Å². The van der Waals surface area contributed by atoms with Crippen LogP contribution in [0.1, 0.15) is 13.3 Å². The number of carbonyl (C=O) groups is 1. The third-order valence-corrected chi connectivity index (χ3v) is 6.16. The fraction of sp³-hybridized carbons (Fsp3) is 0.238. The Morgan fingerprint density at radius 1 is 1.39 bits per heavy atom. The van der Waals surface area contributed by atoms with Crippen molar-refractivity contribution in [2.45, 2.75) is 18.2 Å². The molecule has 2 N–H and O–H groups in total. The molecule has 0 saturated heterocycles. The van der Waals surface area contributed by atoms with Gasteiger partial charge < -0.3 is 20.1 Å². The van der Waals surface area contributed by atoms with Crippen molar-refractivity contribution in [3.63, 3.8) is 0 Å². The van der Waals surface area contributed by atoms with Gasteiger partial charge in [0.1, 0.15) is 0 Å². The number of aromatic nitrogens is 1. The van der Waals surface area contributed by atoms with Crippen molar-refractivity contribution in [3.8, 4) is 11.6 Å². The number of hydrogen-bond donors (Lipinski definition) is 1. The van der Waals surface area contributed by atoms with Crippen LogP contribution in [-0.2, 0) is 19.4 Å². The Balaban J connectivity index is 1.89.